The summed E-state index contributed by atoms with van der Waals surface area (Å²) in [5.74, 6) is 0.0511. The summed E-state index contributed by atoms with van der Waals surface area (Å²) in [6.07, 6.45) is 0. The number of hydrogen-bond acceptors (Lipinski definition) is 2. The minimum Gasteiger partial charge on any atom is -0.309 e. The molecule has 0 aliphatic rings. The predicted molar refractivity (Wildman–Crippen MR) is 297 cm³/mol. The molecule has 2 heterocycles. The van der Waals surface area contributed by atoms with E-state index >= 15 is 0 Å². The lowest BCUT2D eigenvalue weighted by molar-refractivity contribution is 0.103. The van der Waals surface area contributed by atoms with Gasteiger partial charge in [-0.15, -0.1) is 0 Å². The van der Waals surface area contributed by atoms with Crippen LogP contribution in [0.5, 0.6) is 0 Å². The fraction of sp³-hybridized carbons (Fsp3) is 0. The van der Waals surface area contributed by atoms with Gasteiger partial charge in [0.15, 0.2) is 11.6 Å². The van der Waals surface area contributed by atoms with Crippen LogP contribution in [-0.2, 0) is 0 Å². The van der Waals surface area contributed by atoms with Gasteiger partial charge in [0.25, 0.3) is 0 Å². The Bertz CT molecular complexity index is 3910. The largest absolute Gasteiger partial charge is 0.309 e. The van der Waals surface area contributed by atoms with E-state index in [4.69, 9.17) is 0 Å². The summed E-state index contributed by atoms with van der Waals surface area (Å²) in [6.45, 7) is 0. The zero-order valence-electron chi connectivity index (χ0n) is 39.1. The Kier molecular flexibility index (Phi) is 10.4. The lowest BCUT2D eigenvalue weighted by atomic mass is 9.97. The molecule has 2 aromatic heterocycles. The molecule has 0 saturated heterocycles. The molecule has 0 aliphatic carbocycles. The number of para-hydroxylation sites is 2. The summed E-state index contributed by atoms with van der Waals surface area (Å²) in [4.78, 5) is 26.1. The van der Waals surface area contributed by atoms with Crippen molar-refractivity contribution in [2.75, 3.05) is 0 Å². The van der Waals surface area contributed by atoms with Gasteiger partial charge in [0.1, 0.15) is 0 Å². The Hall–Kier alpha value is -9.64. The van der Waals surface area contributed by atoms with E-state index in [1.165, 1.54) is 21.5 Å². The summed E-state index contributed by atoms with van der Waals surface area (Å²) >= 11 is 0. The van der Waals surface area contributed by atoms with Crippen LogP contribution in [0.25, 0.3) is 99.5 Å². The molecule has 0 atom stereocenters. The number of benzene rings is 11. The average Bonchev–Trinajstić information content (AvgIpc) is 3.98. The van der Waals surface area contributed by atoms with Gasteiger partial charge < -0.3 is 9.13 Å². The summed E-state index contributed by atoms with van der Waals surface area (Å²) < 4.78 is 4.82. The normalized spacial score (nSPS) is 11.4. The van der Waals surface area contributed by atoms with Crippen LogP contribution in [0.1, 0.15) is 31.8 Å². The molecular formula is C68H44N2O2. The summed E-state index contributed by atoms with van der Waals surface area (Å²) in [6, 6.07) is 91.8. The van der Waals surface area contributed by atoms with E-state index in [1.54, 1.807) is 0 Å². The molecule has 0 unspecified atom stereocenters. The highest BCUT2D eigenvalue weighted by Gasteiger charge is 2.21. The van der Waals surface area contributed by atoms with Gasteiger partial charge in [-0.25, -0.2) is 0 Å². The van der Waals surface area contributed by atoms with E-state index < -0.39 is 0 Å². The standard InChI is InChI=1S/C68H44N2O2/c71-67(51-13-3-1-4-14-51)53-37-33-47(34-38-53)45-25-29-49(30-26-45)55-17-11-19-57(43-55)69-61-23-9-7-21-59(61)65-63(69)41-42-64-66(65)60-22-8-10-24-62(60)70(64)58-20-12-18-56(44-58)50-31-27-46(28-32-50)48-35-39-54(40-36-48)68(72)52-15-5-2-6-16-52/h1-44H. The van der Waals surface area contributed by atoms with Crippen molar-refractivity contribution >= 4 is 55.2 Å². The van der Waals surface area contributed by atoms with Crippen molar-refractivity contribution in [2.45, 2.75) is 0 Å². The molecule has 4 heteroatoms. The average molecular weight is 921 g/mol. The molecule has 0 spiro atoms. The van der Waals surface area contributed by atoms with Crippen molar-refractivity contribution in [3.05, 3.63) is 289 Å². The van der Waals surface area contributed by atoms with Crippen LogP contribution in [0.15, 0.2) is 267 Å². The molecule has 0 saturated carbocycles. The molecule has 13 aromatic rings. The van der Waals surface area contributed by atoms with Crippen molar-refractivity contribution < 1.29 is 9.59 Å². The number of ketones is 2. The third-order valence-electron chi connectivity index (χ3n) is 14.1. The number of rotatable bonds is 10. The second-order valence-electron chi connectivity index (χ2n) is 18.4. The van der Waals surface area contributed by atoms with Crippen molar-refractivity contribution in [1.82, 2.24) is 9.13 Å². The maximum absolute atomic E-state index is 13.0. The fourth-order valence-electron chi connectivity index (χ4n) is 10.6. The smallest absolute Gasteiger partial charge is 0.193 e. The lowest BCUT2D eigenvalue weighted by Crippen LogP contribution is -2.00. The van der Waals surface area contributed by atoms with Crippen molar-refractivity contribution in [3.8, 4) is 55.9 Å². The van der Waals surface area contributed by atoms with Crippen LogP contribution in [-0.4, -0.2) is 20.7 Å². The van der Waals surface area contributed by atoms with Gasteiger partial charge >= 0.3 is 0 Å². The Morgan fingerprint density at radius 2 is 0.542 bits per heavy atom. The molecule has 11 aromatic carbocycles. The van der Waals surface area contributed by atoms with Crippen LogP contribution >= 0.6 is 0 Å². The predicted octanol–water partition coefficient (Wildman–Crippen LogP) is 17.0. The quantitative estimate of drug-likeness (QED) is 0.128. The van der Waals surface area contributed by atoms with Gasteiger partial charge in [-0.1, -0.05) is 218 Å². The highest BCUT2D eigenvalue weighted by Crippen LogP contribution is 2.43. The van der Waals surface area contributed by atoms with Gasteiger partial charge in [0.2, 0.25) is 0 Å². The molecule has 0 fully saturated rings. The van der Waals surface area contributed by atoms with Gasteiger partial charge in [-0.05, 0) is 93.0 Å². The van der Waals surface area contributed by atoms with E-state index in [2.05, 4.69) is 167 Å². The van der Waals surface area contributed by atoms with E-state index in [-0.39, 0.29) is 11.6 Å². The molecule has 4 nitrogen and oxygen atoms in total. The van der Waals surface area contributed by atoms with Gasteiger partial charge in [0.05, 0.1) is 22.1 Å². The third kappa shape index (κ3) is 7.42. The Balaban J connectivity index is 0.831. The van der Waals surface area contributed by atoms with E-state index in [9.17, 15) is 9.59 Å². The Labute approximate surface area is 417 Å². The van der Waals surface area contributed by atoms with Crippen molar-refractivity contribution in [3.63, 3.8) is 0 Å². The SMILES string of the molecule is O=C(c1ccccc1)c1ccc(-c2ccc(-c3cccc(-n4c5ccccc5c5c6c7ccccc7n(-c7cccc(-c8ccc(-c9ccc(C(=O)c%10ccccc%10)cc9)cc8)c7)c6ccc54)c3)cc2)cc1. The first-order valence-corrected chi connectivity index (χ1v) is 24.3. The van der Waals surface area contributed by atoms with E-state index in [0.717, 1.165) is 77.9 Å². The number of aromatic nitrogens is 2. The second-order valence-corrected chi connectivity index (χ2v) is 18.4. The molecule has 0 N–H and O–H groups in total. The maximum atomic E-state index is 13.0. The summed E-state index contributed by atoms with van der Waals surface area (Å²) in [5, 5.41) is 4.87. The van der Waals surface area contributed by atoms with Crippen molar-refractivity contribution in [1.29, 1.82) is 0 Å². The van der Waals surface area contributed by atoms with Crippen LogP contribution in [0.4, 0.5) is 0 Å². The number of fused-ring (bicyclic) bond motifs is 7. The molecule has 0 amide bonds. The minimum absolute atomic E-state index is 0.0256. The first-order chi connectivity index (χ1) is 35.5. The third-order valence-corrected chi connectivity index (χ3v) is 14.1. The highest BCUT2D eigenvalue weighted by molar-refractivity contribution is 6.29. The monoisotopic (exact) mass is 920 g/mol. The zero-order valence-corrected chi connectivity index (χ0v) is 39.1. The lowest BCUT2D eigenvalue weighted by Gasteiger charge is -2.12. The first-order valence-electron chi connectivity index (χ1n) is 24.3. The fourth-order valence-corrected chi connectivity index (χ4v) is 10.6. The molecule has 72 heavy (non-hydrogen) atoms. The molecule has 0 aliphatic heterocycles. The van der Waals surface area contributed by atoms with Crippen LogP contribution in [0.2, 0.25) is 0 Å². The molecule has 338 valence electrons. The van der Waals surface area contributed by atoms with Crippen molar-refractivity contribution in [2.24, 2.45) is 0 Å². The van der Waals surface area contributed by atoms with Gasteiger partial charge in [-0.3, -0.25) is 9.59 Å². The Morgan fingerprint density at radius 3 is 0.917 bits per heavy atom. The van der Waals surface area contributed by atoms with Crippen LogP contribution < -0.4 is 0 Å². The van der Waals surface area contributed by atoms with E-state index in [1.807, 2.05) is 109 Å². The Morgan fingerprint density at radius 1 is 0.236 bits per heavy atom. The van der Waals surface area contributed by atoms with Crippen LogP contribution in [0, 0.1) is 0 Å². The molecular weight excluding hydrogens is 877 g/mol. The summed E-state index contributed by atoms with van der Waals surface area (Å²) in [5.41, 5.74) is 18.4. The number of carbonyl (C=O) groups is 2. The number of hydrogen-bond donors (Lipinski definition) is 0. The van der Waals surface area contributed by atoms with Gasteiger partial charge in [0, 0.05) is 55.2 Å². The number of nitrogens with zero attached hydrogens (tertiary/aromatic N) is 2. The second kappa shape index (κ2) is 17.7. The van der Waals surface area contributed by atoms with Gasteiger partial charge in [-0.2, -0.15) is 0 Å². The molecule has 0 bridgehead atoms. The number of carbonyl (C=O) groups excluding carboxylic acids is 2. The minimum atomic E-state index is 0.0256. The summed E-state index contributed by atoms with van der Waals surface area (Å²) in [7, 11) is 0. The highest BCUT2D eigenvalue weighted by atomic mass is 16.1. The van der Waals surface area contributed by atoms with Crippen LogP contribution in [0.3, 0.4) is 0 Å². The topological polar surface area (TPSA) is 44.0 Å². The molecule has 13 rings (SSSR count). The molecule has 0 radical (unpaired) electrons. The first kappa shape index (κ1) is 42.5. The maximum Gasteiger partial charge on any atom is 0.193 e. The zero-order chi connectivity index (χ0) is 48.1. The van der Waals surface area contributed by atoms with E-state index in [0.29, 0.717) is 22.3 Å².